The fourth-order valence-corrected chi connectivity index (χ4v) is 2.38. The highest BCUT2D eigenvalue weighted by Gasteiger charge is 2.14. The molecule has 1 N–H and O–H groups in total. The van der Waals surface area contributed by atoms with E-state index in [0.717, 1.165) is 5.56 Å². The van der Waals surface area contributed by atoms with E-state index in [9.17, 15) is 4.79 Å². The first-order valence-electron chi connectivity index (χ1n) is 8.22. The van der Waals surface area contributed by atoms with E-state index in [1.54, 1.807) is 45.4 Å². The van der Waals surface area contributed by atoms with Crippen LogP contribution in [0.15, 0.2) is 42.5 Å². The summed E-state index contributed by atoms with van der Waals surface area (Å²) in [5, 5.41) is 11.6. The number of ether oxygens (including phenoxy) is 3. The number of nitrogens with zero attached hydrogens (tertiary/aromatic N) is 1. The van der Waals surface area contributed by atoms with Crippen molar-refractivity contribution < 1.29 is 19.0 Å². The number of methoxy groups -OCH3 is 2. The number of carbonyl (C=O) groups is 1. The molecule has 0 aromatic heterocycles. The summed E-state index contributed by atoms with van der Waals surface area (Å²) in [4.78, 5) is 12.2. The van der Waals surface area contributed by atoms with Crippen LogP contribution >= 0.6 is 0 Å². The van der Waals surface area contributed by atoms with Crippen LogP contribution in [-0.4, -0.2) is 32.8 Å². The molecule has 6 heteroatoms. The highest BCUT2D eigenvalue weighted by molar-refractivity contribution is 5.80. The molecule has 0 aliphatic heterocycles. The topological polar surface area (TPSA) is 80.6 Å². The Kier molecular flexibility index (Phi) is 6.86. The first kappa shape index (κ1) is 19.1. The number of rotatable bonds is 8. The van der Waals surface area contributed by atoms with Gasteiger partial charge in [0.2, 0.25) is 0 Å². The summed E-state index contributed by atoms with van der Waals surface area (Å²) in [6.07, 6.45) is 0.0312. The molecule has 2 aromatic rings. The number of hydrogen-bond acceptors (Lipinski definition) is 5. The molecule has 0 aliphatic carbocycles. The van der Waals surface area contributed by atoms with Crippen LogP contribution in [0.1, 0.15) is 18.1 Å². The Morgan fingerprint density at radius 1 is 1.12 bits per heavy atom. The summed E-state index contributed by atoms with van der Waals surface area (Å²) in [5.74, 6) is 1.68. The van der Waals surface area contributed by atoms with Gasteiger partial charge in [0.15, 0.2) is 17.6 Å². The Morgan fingerprint density at radius 3 is 2.42 bits per heavy atom. The van der Waals surface area contributed by atoms with Gasteiger partial charge in [-0.05, 0) is 55.3 Å². The second-order valence-electron chi connectivity index (χ2n) is 5.63. The normalized spacial score (nSPS) is 11.2. The lowest BCUT2D eigenvalue weighted by Crippen LogP contribution is -2.37. The van der Waals surface area contributed by atoms with Crippen molar-refractivity contribution >= 4 is 5.91 Å². The highest BCUT2D eigenvalue weighted by Crippen LogP contribution is 2.27. The SMILES string of the molecule is COc1ccc(CCNC(=O)C(C)Oc2ccc(C#N)cc2)cc1OC. The molecule has 2 aromatic carbocycles. The van der Waals surface area contributed by atoms with Gasteiger partial charge in [0.1, 0.15) is 5.75 Å². The maximum atomic E-state index is 12.2. The van der Waals surface area contributed by atoms with Crippen molar-refractivity contribution in [2.45, 2.75) is 19.4 Å². The lowest BCUT2D eigenvalue weighted by atomic mass is 10.1. The zero-order valence-corrected chi connectivity index (χ0v) is 15.1. The van der Waals surface area contributed by atoms with Crippen LogP contribution < -0.4 is 19.5 Å². The minimum absolute atomic E-state index is 0.199. The molecule has 0 saturated carbocycles. The first-order valence-corrected chi connectivity index (χ1v) is 8.22. The van der Waals surface area contributed by atoms with E-state index in [2.05, 4.69) is 5.32 Å². The quantitative estimate of drug-likeness (QED) is 0.788. The van der Waals surface area contributed by atoms with E-state index in [0.29, 0.717) is 35.8 Å². The zero-order chi connectivity index (χ0) is 18.9. The van der Waals surface area contributed by atoms with Crippen LogP contribution in [0.3, 0.4) is 0 Å². The third-order valence-electron chi connectivity index (χ3n) is 3.83. The lowest BCUT2D eigenvalue weighted by Gasteiger charge is -2.15. The van der Waals surface area contributed by atoms with Crippen LogP contribution in [-0.2, 0) is 11.2 Å². The van der Waals surface area contributed by atoms with Crippen LogP contribution in [0, 0.1) is 11.3 Å². The molecular formula is C20H22N2O4. The van der Waals surface area contributed by atoms with Gasteiger partial charge in [0.05, 0.1) is 25.9 Å². The predicted octanol–water partition coefficient (Wildman–Crippen LogP) is 2.70. The zero-order valence-electron chi connectivity index (χ0n) is 15.1. The van der Waals surface area contributed by atoms with E-state index >= 15 is 0 Å². The second-order valence-corrected chi connectivity index (χ2v) is 5.63. The van der Waals surface area contributed by atoms with E-state index in [1.807, 2.05) is 24.3 Å². The van der Waals surface area contributed by atoms with Gasteiger partial charge in [-0.3, -0.25) is 4.79 Å². The van der Waals surface area contributed by atoms with Crippen molar-refractivity contribution in [3.63, 3.8) is 0 Å². The summed E-state index contributed by atoms with van der Waals surface area (Å²) in [5.41, 5.74) is 1.58. The fourth-order valence-electron chi connectivity index (χ4n) is 2.38. The summed E-state index contributed by atoms with van der Waals surface area (Å²) >= 11 is 0. The molecule has 1 atom stereocenters. The van der Waals surface area contributed by atoms with Gasteiger partial charge in [-0.15, -0.1) is 0 Å². The van der Waals surface area contributed by atoms with Crippen molar-refractivity contribution in [1.82, 2.24) is 5.32 Å². The molecule has 0 fully saturated rings. The summed E-state index contributed by atoms with van der Waals surface area (Å²) in [7, 11) is 3.18. The number of benzene rings is 2. The monoisotopic (exact) mass is 354 g/mol. The van der Waals surface area contributed by atoms with Crippen LogP contribution in [0.5, 0.6) is 17.2 Å². The predicted molar refractivity (Wildman–Crippen MR) is 97.5 cm³/mol. The molecule has 0 bridgehead atoms. The molecule has 0 saturated heterocycles. The molecule has 0 radical (unpaired) electrons. The fraction of sp³-hybridized carbons (Fsp3) is 0.300. The number of nitrogens with one attached hydrogen (secondary N) is 1. The Hall–Kier alpha value is -3.20. The van der Waals surface area contributed by atoms with Crippen LogP contribution in [0.2, 0.25) is 0 Å². The summed E-state index contributed by atoms with van der Waals surface area (Å²) in [6, 6.07) is 14.3. The maximum absolute atomic E-state index is 12.2. The van der Waals surface area contributed by atoms with Crippen molar-refractivity contribution in [3.8, 4) is 23.3 Å². The van der Waals surface area contributed by atoms with E-state index in [1.165, 1.54) is 0 Å². The average molecular weight is 354 g/mol. The molecule has 0 heterocycles. The number of amides is 1. The van der Waals surface area contributed by atoms with Crippen LogP contribution in [0.4, 0.5) is 0 Å². The van der Waals surface area contributed by atoms with Gasteiger partial charge < -0.3 is 19.5 Å². The molecule has 2 rings (SSSR count). The Bertz CT molecular complexity index is 781. The third kappa shape index (κ3) is 5.15. The van der Waals surface area contributed by atoms with Gasteiger partial charge in [-0.25, -0.2) is 0 Å². The second kappa shape index (κ2) is 9.33. The molecular weight excluding hydrogens is 332 g/mol. The standard InChI is InChI=1S/C20H22N2O4/c1-14(26-17-7-4-16(13-21)5-8-17)20(23)22-11-10-15-6-9-18(24-2)19(12-15)25-3/h4-9,12,14H,10-11H2,1-3H3,(H,22,23). The smallest absolute Gasteiger partial charge is 0.260 e. The average Bonchev–Trinajstić information content (AvgIpc) is 2.68. The van der Waals surface area contributed by atoms with E-state index in [4.69, 9.17) is 19.5 Å². The Labute approximate surface area is 153 Å². The Morgan fingerprint density at radius 2 is 1.81 bits per heavy atom. The summed E-state index contributed by atoms with van der Waals surface area (Å²) in [6.45, 7) is 2.17. The number of nitriles is 1. The minimum Gasteiger partial charge on any atom is -0.493 e. The summed E-state index contributed by atoms with van der Waals surface area (Å²) < 4.78 is 16.1. The van der Waals surface area contributed by atoms with Crippen molar-refractivity contribution in [1.29, 1.82) is 5.26 Å². The Balaban J connectivity index is 1.83. The van der Waals surface area contributed by atoms with Gasteiger partial charge in [0.25, 0.3) is 5.91 Å². The lowest BCUT2D eigenvalue weighted by molar-refractivity contribution is -0.127. The molecule has 1 unspecified atom stereocenters. The van der Waals surface area contributed by atoms with Crippen molar-refractivity contribution in [3.05, 3.63) is 53.6 Å². The maximum Gasteiger partial charge on any atom is 0.260 e. The van der Waals surface area contributed by atoms with Gasteiger partial charge in [-0.1, -0.05) is 6.07 Å². The first-order chi connectivity index (χ1) is 12.6. The van der Waals surface area contributed by atoms with E-state index in [-0.39, 0.29) is 5.91 Å². The van der Waals surface area contributed by atoms with Crippen molar-refractivity contribution in [2.24, 2.45) is 0 Å². The highest BCUT2D eigenvalue weighted by atomic mass is 16.5. The van der Waals surface area contributed by atoms with Gasteiger partial charge in [-0.2, -0.15) is 5.26 Å². The molecule has 0 spiro atoms. The molecule has 136 valence electrons. The number of hydrogen-bond donors (Lipinski definition) is 1. The van der Waals surface area contributed by atoms with Gasteiger partial charge in [0, 0.05) is 6.54 Å². The van der Waals surface area contributed by atoms with Crippen molar-refractivity contribution in [2.75, 3.05) is 20.8 Å². The largest absolute Gasteiger partial charge is 0.493 e. The molecule has 0 aliphatic rings. The molecule has 26 heavy (non-hydrogen) atoms. The molecule has 6 nitrogen and oxygen atoms in total. The van der Waals surface area contributed by atoms with Crippen LogP contribution in [0.25, 0.3) is 0 Å². The van der Waals surface area contributed by atoms with Gasteiger partial charge >= 0.3 is 0 Å². The minimum atomic E-state index is -0.631. The number of carbonyl (C=O) groups excluding carboxylic acids is 1. The third-order valence-corrected chi connectivity index (χ3v) is 3.83. The van der Waals surface area contributed by atoms with E-state index < -0.39 is 6.10 Å². The molecule has 1 amide bonds.